The van der Waals surface area contributed by atoms with E-state index in [-0.39, 0.29) is 12.7 Å². The van der Waals surface area contributed by atoms with E-state index in [1.165, 1.54) is 0 Å². The largest absolute Gasteiger partial charge is 0.394 e. The quantitative estimate of drug-likeness (QED) is 0.365. The number of hydrogen-bond donors (Lipinski definition) is 4. The molecule has 1 fully saturated rings. The molecule has 1 aliphatic rings. The highest BCUT2D eigenvalue weighted by molar-refractivity contribution is 4.92. The van der Waals surface area contributed by atoms with Gasteiger partial charge in [-0.25, -0.2) is 0 Å². The number of hydrogen-bond acceptors (Lipinski definition) is 5. The van der Waals surface area contributed by atoms with Crippen LogP contribution in [-0.2, 0) is 4.74 Å². The van der Waals surface area contributed by atoms with E-state index in [0.717, 1.165) is 0 Å². The zero-order valence-corrected chi connectivity index (χ0v) is 6.92. The van der Waals surface area contributed by atoms with E-state index in [1.807, 2.05) is 0 Å². The number of nitrogens with two attached hydrogens (primary N) is 1. The molecular formula is C7H15NO4. The van der Waals surface area contributed by atoms with Crippen LogP contribution in [0.4, 0.5) is 0 Å². The molecule has 5 atom stereocenters. The second kappa shape index (κ2) is 3.68. The van der Waals surface area contributed by atoms with E-state index in [1.54, 1.807) is 6.92 Å². The van der Waals surface area contributed by atoms with Crippen LogP contribution >= 0.6 is 0 Å². The minimum absolute atomic E-state index is 0.310. The molecule has 0 aliphatic carbocycles. The lowest BCUT2D eigenvalue weighted by Crippen LogP contribution is -2.60. The van der Waals surface area contributed by atoms with Gasteiger partial charge in [0.25, 0.3) is 0 Å². The Hall–Kier alpha value is -0.200. The van der Waals surface area contributed by atoms with Crippen LogP contribution in [0.3, 0.4) is 0 Å². The van der Waals surface area contributed by atoms with E-state index in [0.29, 0.717) is 0 Å². The molecule has 12 heavy (non-hydrogen) atoms. The van der Waals surface area contributed by atoms with Crippen molar-refractivity contribution in [2.75, 3.05) is 6.61 Å². The average molecular weight is 177 g/mol. The van der Waals surface area contributed by atoms with E-state index in [4.69, 9.17) is 15.6 Å². The lowest BCUT2D eigenvalue weighted by atomic mass is 9.94. The van der Waals surface area contributed by atoms with Crippen molar-refractivity contribution in [1.82, 2.24) is 0 Å². The Kier molecular flexibility index (Phi) is 3.03. The Labute approximate surface area is 70.8 Å². The number of ether oxygens (including phenoxy) is 1. The Balaban J connectivity index is 2.63. The molecule has 0 radical (unpaired) electrons. The van der Waals surface area contributed by atoms with Gasteiger partial charge in [-0.3, -0.25) is 0 Å². The van der Waals surface area contributed by atoms with Crippen LogP contribution in [-0.4, -0.2) is 52.4 Å². The molecule has 5 N–H and O–H groups in total. The van der Waals surface area contributed by atoms with Crippen molar-refractivity contribution in [1.29, 1.82) is 0 Å². The first-order valence-electron chi connectivity index (χ1n) is 3.96. The van der Waals surface area contributed by atoms with Crippen molar-refractivity contribution in [2.45, 2.75) is 37.4 Å². The summed E-state index contributed by atoms with van der Waals surface area (Å²) < 4.78 is 5.15. The summed E-state index contributed by atoms with van der Waals surface area (Å²) in [6, 6.07) is -0.595. The second-order valence-corrected chi connectivity index (χ2v) is 3.12. The average Bonchev–Trinajstić information content (AvgIpc) is 2.08. The SMILES string of the molecule is C[C@H]1OC(CO)[C@@H](O)[C@H](O)C1N. The summed E-state index contributed by atoms with van der Waals surface area (Å²) in [5, 5.41) is 27.4. The number of aliphatic hydroxyl groups excluding tert-OH is 3. The predicted octanol–water partition coefficient (Wildman–Crippen LogP) is -2.18. The molecule has 0 bridgehead atoms. The highest BCUT2D eigenvalue weighted by Crippen LogP contribution is 2.18. The fourth-order valence-electron chi connectivity index (χ4n) is 1.32. The van der Waals surface area contributed by atoms with Gasteiger partial charge in [-0.2, -0.15) is 0 Å². The normalized spacial score (nSPS) is 49.2. The Bertz CT molecular complexity index is 150. The van der Waals surface area contributed by atoms with Gasteiger partial charge >= 0.3 is 0 Å². The van der Waals surface area contributed by atoms with Crippen LogP contribution in [0.5, 0.6) is 0 Å². The molecule has 1 rings (SSSR count). The van der Waals surface area contributed by atoms with Gasteiger partial charge < -0.3 is 25.8 Å². The summed E-state index contributed by atoms with van der Waals surface area (Å²) in [6.07, 6.45) is -3.19. The molecule has 0 amide bonds. The van der Waals surface area contributed by atoms with Crippen molar-refractivity contribution in [3.63, 3.8) is 0 Å². The van der Waals surface area contributed by atoms with Crippen LogP contribution < -0.4 is 5.73 Å². The molecule has 1 saturated heterocycles. The topological polar surface area (TPSA) is 95.9 Å². The lowest BCUT2D eigenvalue weighted by Gasteiger charge is -2.39. The molecule has 2 unspecified atom stereocenters. The predicted molar refractivity (Wildman–Crippen MR) is 41.4 cm³/mol. The maximum atomic E-state index is 9.35. The van der Waals surface area contributed by atoms with Crippen molar-refractivity contribution in [3.05, 3.63) is 0 Å². The first kappa shape index (κ1) is 9.88. The van der Waals surface area contributed by atoms with Gasteiger partial charge in [0.15, 0.2) is 0 Å². The maximum Gasteiger partial charge on any atom is 0.110 e. The van der Waals surface area contributed by atoms with E-state index in [2.05, 4.69) is 0 Å². The van der Waals surface area contributed by atoms with E-state index >= 15 is 0 Å². The molecule has 1 aliphatic heterocycles. The first-order valence-corrected chi connectivity index (χ1v) is 3.96. The Morgan fingerprint density at radius 2 is 1.92 bits per heavy atom. The fraction of sp³-hybridized carbons (Fsp3) is 1.00. The van der Waals surface area contributed by atoms with Crippen LogP contribution in [0.2, 0.25) is 0 Å². The molecule has 0 aromatic carbocycles. The second-order valence-electron chi connectivity index (χ2n) is 3.12. The van der Waals surface area contributed by atoms with Gasteiger partial charge in [-0.15, -0.1) is 0 Å². The Morgan fingerprint density at radius 3 is 2.42 bits per heavy atom. The summed E-state index contributed by atoms with van der Waals surface area (Å²) in [7, 11) is 0. The van der Waals surface area contributed by atoms with Gasteiger partial charge in [0.2, 0.25) is 0 Å². The smallest absolute Gasteiger partial charge is 0.110 e. The number of aliphatic hydroxyl groups is 3. The van der Waals surface area contributed by atoms with Crippen molar-refractivity contribution in [3.8, 4) is 0 Å². The van der Waals surface area contributed by atoms with Crippen LogP contribution in [0.15, 0.2) is 0 Å². The molecule has 0 aromatic rings. The number of rotatable bonds is 1. The third-order valence-corrected chi connectivity index (χ3v) is 2.24. The molecule has 1 heterocycles. The van der Waals surface area contributed by atoms with Crippen LogP contribution in [0.25, 0.3) is 0 Å². The molecular weight excluding hydrogens is 162 g/mol. The van der Waals surface area contributed by atoms with Gasteiger partial charge in [0, 0.05) is 0 Å². The third kappa shape index (κ3) is 1.60. The molecule has 72 valence electrons. The maximum absolute atomic E-state index is 9.35. The van der Waals surface area contributed by atoms with Gasteiger partial charge in [-0.05, 0) is 6.92 Å². The highest BCUT2D eigenvalue weighted by Gasteiger charge is 2.40. The highest BCUT2D eigenvalue weighted by atomic mass is 16.5. The van der Waals surface area contributed by atoms with Crippen LogP contribution in [0, 0.1) is 0 Å². The fourth-order valence-corrected chi connectivity index (χ4v) is 1.32. The zero-order valence-electron chi connectivity index (χ0n) is 6.92. The van der Waals surface area contributed by atoms with Crippen molar-refractivity contribution < 1.29 is 20.1 Å². The lowest BCUT2D eigenvalue weighted by molar-refractivity contribution is -0.183. The first-order chi connectivity index (χ1) is 5.57. The van der Waals surface area contributed by atoms with Crippen LogP contribution in [0.1, 0.15) is 6.92 Å². The Morgan fingerprint density at radius 1 is 1.33 bits per heavy atom. The summed E-state index contributed by atoms with van der Waals surface area (Å²) in [4.78, 5) is 0. The van der Waals surface area contributed by atoms with Gasteiger partial charge in [0.05, 0.1) is 18.8 Å². The standard InChI is InChI=1S/C7H15NO4/c1-3-5(8)7(11)6(10)4(2-9)12-3/h3-7,9-11H,2,8H2,1H3/t3-,4?,5?,6-,7-/m1/s1. The monoisotopic (exact) mass is 177 g/mol. The molecule has 5 nitrogen and oxygen atoms in total. The van der Waals surface area contributed by atoms with Gasteiger partial charge in [0.1, 0.15) is 18.3 Å². The molecule has 5 heteroatoms. The summed E-state index contributed by atoms with van der Waals surface area (Å²) in [6.45, 7) is 1.39. The summed E-state index contributed by atoms with van der Waals surface area (Å²) in [5.74, 6) is 0. The van der Waals surface area contributed by atoms with Crippen molar-refractivity contribution in [2.24, 2.45) is 5.73 Å². The molecule has 0 saturated carbocycles. The molecule has 0 spiro atoms. The molecule has 0 aromatic heterocycles. The van der Waals surface area contributed by atoms with E-state index in [9.17, 15) is 10.2 Å². The van der Waals surface area contributed by atoms with Crippen molar-refractivity contribution >= 4 is 0 Å². The van der Waals surface area contributed by atoms with Gasteiger partial charge in [-0.1, -0.05) is 0 Å². The minimum Gasteiger partial charge on any atom is -0.394 e. The summed E-state index contributed by atoms with van der Waals surface area (Å²) in [5.41, 5.74) is 5.51. The van der Waals surface area contributed by atoms with E-state index < -0.39 is 24.4 Å². The third-order valence-electron chi connectivity index (χ3n) is 2.24. The minimum atomic E-state index is -1.10. The summed E-state index contributed by atoms with van der Waals surface area (Å²) >= 11 is 0. The zero-order chi connectivity index (χ0) is 9.30.